The molecule has 1 aromatic carbocycles. The second kappa shape index (κ2) is 6.75. The third-order valence-corrected chi connectivity index (χ3v) is 4.99. The first kappa shape index (κ1) is 14.8. The number of rotatable bonds is 5. The molecule has 1 fully saturated rings. The molecular formula is C19H25N3O. The van der Waals surface area contributed by atoms with Crippen LogP contribution >= 0.6 is 0 Å². The molecule has 0 saturated carbocycles. The third kappa shape index (κ3) is 3.42. The largest absolute Gasteiger partial charge is 0.385 e. The van der Waals surface area contributed by atoms with Gasteiger partial charge in [0.15, 0.2) is 0 Å². The minimum Gasteiger partial charge on any atom is -0.385 e. The maximum atomic E-state index is 5.42. The molecule has 0 bridgehead atoms. The number of imidazole rings is 1. The Bertz CT molecular complexity index is 618. The number of aromatic nitrogens is 2. The van der Waals surface area contributed by atoms with Crippen LogP contribution in [0.1, 0.15) is 31.5 Å². The summed E-state index contributed by atoms with van der Waals surface area (Å²) in [5, 5.41) is 3.52. The first-order chi connectivity index (χ1) is 11.4. The van der Waals surface area contributed by atoms with Gasteiger partial charge in [-0.1, -0.05) is 12.1 Å². The summed E-state index contributed by atoms with van der Waals surface area (Å²) >= 11 is 0. The predicted octanol–water partition coefficient (Wildman–Crippen LogP) is 3.72. The number of nitrogens with one attached hydrogen (secondary N) is 1. The van der Waals surface area contributed by atoms with Crippen molar-refractivity contribution in [2.45, 2.75) is 38.6 Å². The molecule has 4 nitrogen and oxygen atoms in total. The first-order valence-corrected chi connectivity index (χ1v) is 8.86. The van der Waals surface area contributed by atoms with Crippen molar-refractivity contribution in [2.24, 2.45) is 5.92 Å². The average molecular weight is 311 g/mol. The summed E-state index contributed by atoms with van der Waals surface area (Å²) in [6.45, 7) is 4.01. The molecule has 0 unspecified atom stereocenters. The van der Waals surface area contributed by atoms with Crippen LogP contribution in [0, 0.1) is 5.92 Å². The lowest BCUT2D eigenvalue weighted by Crippen LogP contribution is -2.08. The van der Waals surface area contributed by atoms with Crippen LogP contribution in [0.15, 0.2) is 30.5 Å². The predicted molar refractivity (Wildman–Crippen MR) is 92.6 cm³/mol. The van der Waals surface area contributed by atoms with Crippen molar-refractivity contribution in [1.29, 1.82) is 0 Å². The monoisotopic (exact) mass is 311 g/mol. The van der Waals surface area contributed by atoms with Crippen molar-refractivity contribution in [3.8, 4) is 11.3 Å². The number of anilines is 1. The van der Waals surface area contributed by atoms with E-state index in [-0.39, 0.29) is 0 Å². The van der Waals surface area contributed by atoms with E-state index in [9.17, 15) is 0 Å². The summed E-state index contributed by atoms with van der Waals surface area (Å²) in [4.78, 5) is 4.79. The van der Waals surface area contributed by atoms with E-state index in [1.54, 1.807) is 0 Å². The van der Waals surface area contributed by atoms with Crippen LogP contribution in [0.25, 0.3) is 11.3 Å². The zero-order valence-corrected chi connectivity index (χ0v) is 13.6. The standard InChI is InChI=1S/C19H25N3O/c1-2-11-22-13-18(21-19(22)3-1)16-4-6-17(7-5-16)20-10-8-15-9-12-23-14-15/h4-7,13,15,20H,1-3,8-12,14H2/t15-/m1/s1. The summed E-state index contributed by atoms with van der Waals surface area (Å²) in [6, 6.07) is 8.68. The summed E-state index contributed by atoms with van der Waals surface area (Å²) < 4.78 is 7.74. The van der Waals surface area contributed by atoms with Gasteiger partial charge in [-0.3, -0.25) is 0 Å². The second-order valence-electron chi connectivity index (χ2n) is 6.72. The van der Waals surface area contributed by atoms with Gasteiger partial charge in [0.05, 0.1) is 5.69 Å². The van der Waals surface area contributed by atoms with Crippen LogP contribution in [-0.2, 0) is 17.7 Å². The van der Waals surface area contributed by atoms with E-state index in [0.717, 1.165) is 44.3 Å². The Hall–Kier alpha value is -1.81. The molecule has 1 saturated heterocycles. The fourth-order valence-corrected chi connectivity index (χ4v) is 3.54. The van der Waals surface area contributed by atoms with Crippen LogP contribution in [-0.4, -0.2) is 29.3 Å². The Labute approximate surface area is 137 Å². The highest BCUT2D eigenvalue weighted by atomic mass is 16.5. The average Bonchev–Trinajstić information content (AvgIpc) is 3.24. The second-order valence-corrected chi connectivity index (χ2v) is 6.72. The Kier molecular flexibility index (Phi) is 4.33. The van der Waals surface area contributed by atoms with E-state index in [0.29, 0.717) is 0 Å². The minimum absolute atomic E-state index is 0.735. The maximum Gasteiger partial charge on any atom is 0.109 e. The molecule has 4 rings (SSSR count). The van der Waals surface area contributed by atoms with Gasteiger partial charge in [0.1, 0.15) is 5.82 Å². The highest BCUT2D eigenvalue weighted by Crippen LogP contribution is 2.24. The fourth-order valence-electron chi connectivity index (χ4n) is 3.54. The van der Waals surface area contributed by atoms with Crippen molar-refractivity contribution in [1.82, 2.24) is 9.55 Å². The highest BCUT2D eigenvalue weighted by Gasteiger charge is 2.15. The van der Waals surface area contributed by atoms with Crippen molar-refractivity contribution >= 4 is 5.69 Å². The number of benzene rings is 1. The first-order valence-electron chi connectivity index (χ1n) is 8.86. The molecular weight excluding hydrogens is 286 g/mol. The van der Waals surface area contributed by atoms with Gasteiger partial charge in [0.25, 0.3) is 0 Å². The molecule has 4 heteroatoms. The molecule has 0 amide bonds. The molecule has 1 atom stereocenters. The van der Waals surface area contributed by atoms with Gasteiger partial charge < -0.3 is 14.6 Å². The van der Waals surface area contributed by atoms with Gasteiger partial charge in [-0.05, 0) is 43.7 Å². The SMILES string of the molecule is c1cc(-c2cn3c(n2)CCCC3)ccc1NCC[C@@H]1CCOC1. The van der Waals surface area contributed by atoms with E-state index in [2.05, 4.69) is 40.3 Å². The molecule has 0 spiro atoms. The molecule has 122 valence electrons. The van der Waals surface area contributed by atoms with Crippen LogP contribution in [0.4, 0.5) is 5.69 Å². The minimum atomic E-state index is 0.735. The number of aryl methyl sites for hydroxylation is 2. The maximum absolute atomic E-state index is 5.42. The number of ether oxygens (including phenoxy) is 1. The zero-order valence-electron chi connectivity index (χ0n) is 13.6. The van der Waals surface area contributed by atoms with Gasteiger partial charge in [-0.25, -0.2) is 4.98 Å². The highest BCUT2D eigenvalue weighted by molar-refractivity contribution is 5.62. The van der Waals surface area contributed by atoms with E-state index < -0.39 is 0 Å². The topological polar surface area (TPSA) is 39.1 Å². The Morgan fingerprint density at radius 2 is 2.13 bits per heavy atom. The normalized spacial score (nSPS) is 20.4. The Morgan fingerprint density at radius 1 is 1.22 bits per heavy atom. The smallest absolute Gasteiger partial charge is 0.109 e. The molecule has 23 heavy (non-hydrogen) atoms. The lowest BCUT2D eigenvalue weighted by molar-refractivity contribution is 0.185. The molecule has 1 aromatic heterocycles. The van der Waals surface area contributed by atoms with Gasteiger partial charge in [-0.2, -0.15) is 0 Å². The Morgan fingerprint density at radius 3 is 2.91 bits per heavy atom. The van der Waals surface area contributed by atoms with Gasteiger partial charge in [-0.15, -0.1) is 0 Å². The summed E-state index contributed by atoms with van der Waals surface area (Å²) in [5.74, 6) is 1.98. The van der Waals surface area contributed by atoms with Crippen molar-refractivity contribution in [2.75, 3.05) is 25.1 Å². The van der Waals surface area contributed by atoms with Crippen molar-refractivity contribution < 1.29 is 4.74 Å². The van der Waals surface area contributed by atoms with Crippen LogP contribution in [0.5, 0.6) is 0 Å². The molecule has 0 aliphatic carbocycles. The zero-order chi connectivity index (χ0) is 15.5. The lowest BCUT2D eigenvalue weighted by Gasteiger charge is -2.11. The molecule has 2 aliphatic rings. The fraction of sp³-hybridized carbons (Fsp3) is 0.526. The quantitative estimate of drug-likeness (QED) is 0.914. The number of hydrogen-bond donors (Lipinski definition) is 1. The van der Waals surface area contributed by atoms with Crippen LogP contribution in [0.2, 0.25) is 0 Å². The van der Waals surface area contributed by atoms with E-state index in [1.807, 2.05) is 0 Å². The summed E-state index contributed by atoms with van der Waals surface area (Å²) in [7, 11) is 0. The molecule has 0 radical (unpaired) electrons. The van der Waals surface area contributed by atoms with Gasteiger partial charge >= 0.3 is 0 Å². The van der Waals surface area contributed by atoms with Crippen molar-refractivity contribution in [3.05, 3.63) is 36.3 Å². The van der Waals surface area contributed by atoms with E-state index in [4.69, 9.17) is 9.72 Å². The van der Waals surface area contributed by atoms with Gasteiger partial charge in [0.2, 0.25) is 0 Å². The molecule has 1 N–H and O–H groups in total. The van der Waals surface area contributed by atoms with Crippen molar-refractivity contribution in [3.63, 3.8) is 0 Å². The third-order valence-electron chi connectivity index (χ3n) is 4.99. The Balaban J connectivity index is 1.36. The van der Waals surface area contributed by atoms with E-state index >= 15 is 0 Å². The molecule has 2 aromatic rings. The number of nitrogens with zero attached hydrogens (tertiary/aromatic N) is 2. The van der Waals surface area contributed by atoms with E-state index in [1.165, 1.54) is 42.8 Å². The lowest BCUT2D eigenvalue weighted by atomic mass is 10.1. The molecule has 3 heterocycles. The number of hydrogen-bond acceptors (Lipinski definition) is 3. The van der Waals surface area contributed by atoms with Gasteiger partial charge in [0, 0.05) is 50.2 Å². The van der Waals surface area contributed by atoms with Crippen LogP contribution in [0.3, 0.4) is 0 Å². The summed E-state index contributed by atoms with van der Waals surface area (Å²) in [6.07, 6.45) is 8.27. The number of fused-ring (bicyclic) bond motifs is 1. The molecule has 2 aliphatic heterocycles. The van der Waals surface area contributed by atoms with Crippen LogP contribution < -0.4 is 5.32 Å². The summed E-state index contributed by atoms with van der Waals surface area (Å²) in [5.41, 5.74) is 3.51.